The van der Waals surface area contributed by atoms with Gasteiger partial charge in [0.2, 0.25) is 5.91 Å². The van der Waals surface area contributed by atoms with E-state index in [4.69, 9.17) is 0 Å². The van der Waals surface area contributed by atoms with Crippen molar-refractivity contribution in [2.75, 3.05) is 6.54 Å². The van der Waals surface area contributed by atoms with Crippen molar-refractivity contribution in [3.63, 3.8) is 0 Å². The van der Waals surface area contributed by atoms with Crippen LogP contribution >= 0.6 is 0 Å². The van der Waals surface area contributed by atoms with Crippen LogP contribution in [0.1, 0.15) is 60.4 Å². The lowest BCUT2D eigenvalue weighted by atomic mass is 9.99. The van der Waals surface area contributed by atoms with Crippen LogP contribution < -0.4 is 5.32 Å². The van der Waals surface area contributed by atoms with Crippen LogP contribution in [0.4, 0.5) is 0 Å². The average Bonchev–Trinajstić information content (AvgIpc) is 3.36. The molecule has 4 rings (SSSR count). The zero-order valence-electron chi connectivity index (χ0n) is 17.2. The molecule has 1 atom stereocenters. The molecule has 0 aromatic heterocycles. The van der Waals surface area contributed by atoms with E-state index < -0.39 is 5.54 Å². The van der Waals surface area contributed by atoms with Crippen LogP contribution in [0.15, 0.2) is 48.5 Å². The monoisotopic (exact) mass is 387 g/mol. The topological polar surface area (TPSA) is 56.1 Å². The van der Waals surface area contributed by atoms with Crippen LogP contribution in [0.3, 0.4) is 0 Å². The Morgan fingerprint density at radius 1 is 1.17 bits per heavy atom. The predicted octanol–water partition coefficient (Wildman–Crippen LogP) is 4.44. The van der Waals surface area contributed by atoms with Gasteiger partial charge in [-0.2, -0.15) is 5.26 Å². The summed E-state index contributed by atoms with van der Waals surface area (Å²) in [4.78, 5) is 15.3. The highest BCUT2D eigenvalue weighted by molar-refractivity contribution is 5.79. The number of nitrogens with one attached hydrogen (secondary N) is 1. The molecule has 150 valence electrons. The first-order valence-corrected chi connectivity index (χ1v) is 10.7. The summed E-state index contributed by atoms with van der Waals surface area (Å²) in [6, 6.07) is 19.7. The van der Waals surface area contributed by atoms with E-state index in [0.29, 0.717) is 6.54 Å². The van der Waals surface area contributed by atoms with E-state index >= 15 is 0 Å². The zero-order valence-corrected chi connectivity index (χ0v) is 17.2. The Labute approximate surface area is 173 Å². The van der Waals surface area contributed by atoms with Crippen LogP contribution in [-0.2, 0) is 17.8 Å². The molecular weight excluding hydrogens is 358 g/mol. The van der Waals surface area contributed by atoms with Gasteiger partial charge < -0.3 is 5.32 Å². The molecule has 0 unspecified atom stereocenters. The predicted molar refractivity (Wildman–Crippen MR) is 114 cm³/mol. The maximum absolute atomic E-state index is 13.0. The molecule has 0 aliphatic heterocycles. The molecule has 4 nitrogen and oxygen atoms in total. The van der Waals surface area contributed by atoms with Crippen LogP contribution in [0.2, 0.25) is 0 Å². The third-order valence-corrected chi connectivity index (χ3v) is 6.44. The van der Waals surface area contributed by atoms with Gasteiger partial charge in [0, 0.05) is 12.6 Å². The molecule has 4 heteroatoms. The second-order valence-corrected chi connectivity index (χ2v) is 8.59. The second kappa shape index (κ2) is 8.39. The number of carbonyl (C=O) groups excluding carboxylic acids is 1. The first-order chi connectivity index (χ1) is 14.1. The molecule has 0 heterocycles. The lowest BCUT2D eigenvalue weighted by Gasteiger charge is -2.31. The minimum atomic E-state index is -0.666. The molecule has 2 aliphatic carbocycles. The van der Waals surface area contributed by atoms with Gasteiger partial charge in [-0.25, -0.2) is 0 Å². The van der Waals surface area contributed by atoms with Crippen molar-refractivity contribution < 1.29 is 4.79 Å². The van der Waals surface area contributed by atoms with Gasteiger partial charge in [0.25, 0.3) is 0 Å². The van der Waals surface area contributed by atoms with Gasteiger partial charge in [-0.15, -0.1) is 0 Å². The number of rotatable bonds is 6. The summed E-state index contributed by atoms with van der Waals surface area (Å²) in [5.41, 5.74) is 4.50. The van der Waals surface area contributed by atoms with Crippen molar-refractivity contribution in [3.05, 3.63) is 70.8 Å². The molecule has 0 bridgehead atoms. The normalized spacial score (nSPS) is 19.7. The van der Waals surface area contributed by atoms with Crippen molar-refractivity contribution in [3.8, 4) is 6.07 Å². The quantitative estimate of drug-likeness (QED) is 0.797. The van der Waals surface area contributed by atoms with Crippen molar-refractivity contribution in [1.82, 2.24) is 10.2 Å². The smallest absolute Gasteiger partial charge is 0.235 e. The number of nitriles is 1. The van der Waals surface area contributed by atoms with Gasteiger partial charge in [0.15, 0.2) is 0 Å². The van der Waals surface area contributed by atoms with Gasteiger partial charge in [-0.1, -0.05) is 54.1 Å². The summed E-state index contributed by atoms with van der Waals surface area (Å²) in [5.74, 6) is -0.0371. The molecule has 1 N–H and O–H groups in total. The molecule has 0 saturated heterocycles. The van der Waals surface area contributed by atoms with Gasteiger partial charge in [-0.3, -0.25) is 9.69 Å². The fourth-order valence-corrected chi connectivity index (χ4v) is 4.85. The molecule has 2 aromatic carbocycles. The number of aryl methyl sites for hydroxylation is 2. The maximum atomic E-state index is 13.0. The van der Waals surface area contributed by atoms with E-state index in [-0.39, 0.29) is 11.9 Å². The zero-order chi connectivity index (χ0) is 20.3. The number of hydrogen-bond acceptors (Lipinski definition) is 3. The summed E-state index contributed by atoms with van der Waals surface area (Å²) in [7, 11) is 0. The third kappa shape index (κ3) is 4.36. The standard InChI is InChI=1S/C25H29N3O/c1-19-8-10-20(11-9-19)16-28(23-13-12-21-6-2-3-7-22(21)23)17-24(29)27-25(18-26)14-4-5-15-25/h2-3,6-11,23H,4-5,12-17H2,1H3,(H,27,29)/t23-/m1/s1. The summed E-state index contributed by atoms with van der Waals surface area (Å²) in [6.45, 7) is 3.13. The highest BCUT2D eigenvalue weighted by Gasteiger charge is 2.36. The first-order valence-electron chi connectivity index (χ1n) is 10.7. The fourth-order valence-electron chi connectivity index (χ4n) is 4.85. The maximum Gasteiger partial charge on any atom is 0.235 e. The number of fused-ring (bicyclic) bond motifs is 1. The van der Waals surface area contributed by atoms with Crippen LogP contribution in [0.5, 0.6) is 0 Å². The molecule has 1 amide bonds. The Morgan fingerprint density at radius 2 is 1.90 bits per heavy atom. The number of carbonyl (C=O) groups is 1. The Hall–Kier alpha value is -2.64. The van der Waals surface area contributed by atoms with E-state index in [1.165, 1.54) is 22.3 Å². The SMILES string of the molecule is Cc1ccc(CN(CC(=O)NC2(C#N)CCCC2)[C@@H]2CCc3ccccc32)cc1. The van der Waals surface area contributed by atoms with Crippen molar-refractivity contribution in [2.45, 2.75) is 63.6 Å². The number of benzene rings is 2. The van der Waals surface area contributed by atoms with Gasteiger partial charge in [-0.05, 0) is 62.1 Å². The Morgan fingerprint density at radius 3 is 2.62 bits per heavy atom. The summed E-state index contributed by atoms with van der Waals surface area (Å²) in [5, 5.41) is 12.7. The van der Waals surface area contributed by atoms with Gasteiger partial charge >= 0.3 is 0 Å². The van der Waals surface area contributed by atoms with E-state index in [0.717, 1.165) is 45.1 Å². The Kier molecular flexibility index (Phi) is 5.69. The second-order valence-electron chi connectivity index (χ2n) is 8.59. The Bertz CT molecular complexity index is 906. The van der Waals surface area contributed by atoms with Crippen LogP contribution in [0, 0.1) is 18.3 Å². The van der Waals surface area contributed by atoms with Crippen molar-refractivity contribution >= 4 is 5.91 Å². The van der Waals surface area contributed by atoms with Gasteiger partial charge in [0.1, 0.15) is 5.54 Å². The average molecular weight is 388 g/mol. The molecule has 2 aliphatic rings. The fraction of sp³-hybridized carbons (Fsp3) is 0.440. The molecular formula is C25H29N3O. The summed E-state index contributed by atoms with van der Waals surface area (Å²) < 4.78 is 0. The van der Waals surface area contributed by atoms with Crippen LogP contribution in [0.25, 0.3) is 0 Å². The molecule has 0 radical (unpaired) electrons. The van der Waals surface area contributed by atoms with Crippen molar-refractivity contribution in [2.24, 2.45) is 0 Å². The molecule has 1 fully saturated rings. The van der Waals surface area contributed by atoms with E-state index in [1.807, 2.05) is 0 Å². The molecule has 0 spiro atoms. The Balaban J connectivity index is 1.54. The third-order valence-electron chi connectivity index (χ3n) is 6.44. The molecule has 2 aromatic rings. The molecule has 29 heavy (non-hydrogen) atoms. The van der Waals surface area contributed by atoms with Crippen LogP contribution in [-0.4, -0.2) is 22.9 Å². The van der Waals surface area contributed by atoms with Gasteiger partial charge in [0.05, 0.1) is 12.6 Å². The minimum absolute atomic E-state index is 0.0371. The highest BCUT2D eigenvalue weighted by atomic mass is 16.2. The lowest BCUT2D eigenvalue weighted by Crippen LogP contribution is -2.49. The van der Waals surface area contributed by atoms with Crippen molar-refractivity contribution in [1.29, 1.82) is 5.26 Å². The largest absolute Gasteiger partial charge is 0.337 e. The van der Waals surface area contributed by atoms with E-state index in [9.17, 15) is 10.1 Å². The lowest BCUT2D eigenvalue weighted by molar-refractivity contribution is -0.124. The summed E-state index contributed by atoms with van der Waals surface area (Å²) in [6.07, 6.45) is 5.63. The number of hydrogen-bond donors (Lipinski definition) is 1. The molecule has 1 saturated carbocycles. The van der Waals surface area contributed by atoms with E-state index in [1.54, 1.807) is 0 Å². The number of nitrogens with zero attached hydrogens (tertiary/aromatic N) is 2. The highest BCUT2D eigenvalue weighted by Crippen LogP contribution is 2.36. The number of amides is 1. The first kappa shape index (κ1) is 19.7. The minimum Gasteiger partial charge on any atom is -0.337 e. The van der Waals surface area contributed by atoms with E-state index in [2.05, 4.69) is 71.7 Å². The summed E-state index contributed by atoms with van der Waals surface area (Å²) >= 11 is 0.